The zero-order chi connectivity index (χ0) is 12.2. The molecule has 0 aromatic rings. The predicted octanol–water partition coefficient (Wildman–Crippen LogP) is 0.480. The Morgan fingerprint density at radius 1 is 1.38 bits per heavy atom. The van der Waals surface area contributed by atoms with E-state index in [0.717, 1.165) is 26.1 Å². The van der Waals surface area contributed by atoms with E-state index in [1.165, 1.54) is 19.1 Å². The van der Waals surface area contributed by atoms with E-state index in [1.54, 1.807) is 0 Å². The highest BCUT2D eigenvalue weighted by Crippen LogP contribution is 2.21. The van der Waals surface area contributed by atoms with Crippen LogP contribution >= 0.6 is 0 Å². The summed E-state index contributed by atoms with van der Waals surface area (Å²) in [5, 5.41) is 0. The third-order valence-corrected chi connectivity index (χ3v) is 4.43. The van der Waals surface area contributed by atoms with Crippen molar-refractivity contribution in [3.63, 3.8) is 0 Å². The molecule has 2 N–H and O–H groups in total. The van der Waals surface area contributed by atoms with Gasteiger partial charge in [0.25, 0.3) is 0 Å². The van der Waals surface area contributed by atoms with Crippen molar-refractivity contribution in [1.29, 1.82) is 0 Å². The topological polar surface area (TPSA) is 63.4 Å². The van der Waals surface area contributed by atoms with Gasteiger partial charge < -0.3 is 10.6 Å². The van der Waals surface area contributed by atoms with Crippen LogP contribution in [0.1, 0.15) is 26.2 Å². The smallest absolute Gasteiger partial charge is 0.147 e. The molecule has 0 bridgehead atoms. The molecule has 1 heterocycles. The maximum Gasteiger partial charge on any atom is 0.147 e. The van der Waals surface area contributed by atoms with Crippen LogP contribution < -0.4 is 5.73 Å². The van der Waals surface area contributed by atoms with Crippen molar-refractivity contribution in [2.75, 3.05) is 31.6 Å². The Labute approximate surface area is 99.1 Å². The van der Waals surface area contributed by atoms with Crippen LogP contribution in [0, 0.1) is 5.92 Å². The zero-order valence-corrected chi connectivity index (χ0v) is 11.2. The van der Waals surface area contributed by atoms with E-state index in [1.807, 2.05) is 0 Å². The molecular formula is C11H24N2O2S. The van der Waals surface area contributed by atoms with Crippen LogP contribution in [-0.2, 0) is 9.84 Å². The molecule has 4 nitrogen and oxygen atoms in total. The van der Waals surface area contributed by atoms with Gasteiger partial charge in [0.2, 0.25) is 0 Å². The summed E-state index contributed by atoms with van der Waals surface area (Å²) in [5.74, 6) is 0.887. The first-order valence-corrected chi connectivity index (χ1v) is 8.10. The molecule has 0 aliphatic carbocycles. The van der Waals surface area contributed by atoms with Crippen LogP contribution in [0.3, 0.4) is 0 Å². The third kappa shape index (κ3) is 4.80. The molecule has 1 aliphatic rings. The van der Waals surface area contributed by atoms with E-state index in [9.17, 15) is 8.42 Å². The molecule has 0 saturated carbocycles. The van der Waals surface area contributed by atoms with Crippen LogP contribution in [0.5, 0.6) is 0 Å². The van der Waals surface area contributed by atoms with Crippen LogP contribution in [0.2, 0.25) is 0 Å². The molecule has 96 valence electrons. The Hall–Kier alpha value is -0.130. The summed E-state index contributed by atoms with van der Waals surface area (Å²) in [4.78, 5) is 2.38. The van der Waals surface area contributed by atoms with Crippen molar-refractivity contribution in [3.8, 4) is 0 Å². The van der Waals surface area contributed by atoms with Gasteiger partial charge in [0.15, 0.2) is 0 Å². The van der Waals surface area contributed by atoms with Crippen LogP contribution in [0.15, 0.2) is 0 Å². The zero-order valence-electron chi connectivity index (χ0n) is 10.4. The maximum absolute atomic E-state index is 11.0. The van der Waals surface area contributed by atoms with Gasteiger partial charge in [0.05, 0.1) is 5.75 Å². The number of piperidine rings is 1. The summed E-state index contributed by atoms with van der Waals surface area (Å²) in [6.45, 7) is 4.87. The van der Waals surface area contributed by atoms with Crippen molar-refractivity contribution in [1.82, 2.24) is 4.90 Å². The van der Waals surface area contributed by atoms with E-state index < -0.39 is 9.84 Å². The predicted molar refractivity (Wildman–Crippen MR) is 67.1 cm³/mol. The largest absolute Gasteiger partial charge is 0.330 e. The summed E-state index contributed by atoms with van der Waals surface area (Å²) in [6.07, 6.45) is 4.43. The van der Waals surface area contributed by atoms with Crippen molar-refractivity contribution < 1.29 is 8.42 Å². The Morgan fingerprint density at radius 2 is 2.06 bits per heavy atom. The van der Waals surface area contributed by atoms with Gasteiger partial charge in [0, 0.05) is 18.8 Å². The molecule has 0 radical (unpaired) electrons. The minimum Gasteiger partial charge on any atom is -0.330 e. The van der Waals surface area contributed by atoms with Crippen LogP contribution in [0.25, 0.3) is 0 Å². The highest BCUT2D eigenvalue weighted by molar-refractivity contribution is 7.90. The molecular weight excluding hydrogens is 224 g/mol. The lowest BCUT2D eigenvalue weighted by Crippen LogP contribution is -2.44. The Kier molecular flexibility index (Phi) is 5.21. The number of likely N-dealkylation sites (tertiary alicyclic amines) is 1. The minimum absolute atomic E-state index is 0.295. The molecule has 1 aliphatic heterocycles. The summed E-state index contributed by atoms with van der Waals surface area (Å²) in [7, 11) is -2.81. The normalized spacial score (nSPS) is 28.2. The number of hydrogen-bond donors (Lipinski definition) is 1. The summed E-state index contributed by atoms with van der Waals surface area (Å²) >= 11 is 0. The highest BCUT2D eigenvalue weighted by Gasteiger charge is 2.24. The fourth-order valence-electron chi connectivity index (χ4n) is 2.30. The van der Waals surface area contributed by atoms with E-state index in [2.05, 4.69) is 11.8 Å². The number of rotatable bonds is 5. The molecule has 5 heteroatoms. The standard InChI is InChI=1S/C11H24N2O2S/c1-10-4-5-11(8-12)9-13(10)6-3-7-16(2,14)15/h10-11H,3-9,12H2,1-2H3. The monoisotopic (exact) mass is 248 g/mol. The first-order valence-electron chi connectivity index (χ1n) is 6.04. The molecule has 2 unspecified atom stereocenters. The summed E-state index contributed by atoms with van der Waals surface area (Å²) in [6, 6.07) is 0.572. The molecule has 0 aromatic carbocycles. The van der Waals surface area contributed by atoms with E-state index >= 15 is 0 Å². The van der Waals surface area contributed by atoms with Crippen molar-refractivity contribution in [2.45, 2.75) is 32.2 Å². The highest BCUT2D eigenvalue weighted by atomic mass is 32.2. The number of nitrogens with zero attached hydrogens (tertiary/aromatic N) is 1. The lowest BCUT2D eigenvalue weighted by atomic mass is 9.93. The fourth-order valence-corrected chi connectivity index (χ4v) is 2.95. The average molecular weight is 248 g/mol. The van der Waals surface area contributed by atoms with Gasteiger partial charge in [-0.25, -0.2) is 8.42 Å². The number of sulfone groups is 1. The van der Waals surface area contributed by atoms with Crippen molar-refractivity contribution >= 4 is 9.84 Å². The van der Waals surface area contributed by atoms with Crippen molar-refractivity contribution in [3.05, 3.63) is 0 Å². The molecule has 0 aromatic heterocycles. The summed E-state index contributed by atoms with van der Waals surface area (Å²) < 4.78 is 22.1. The van der Waals surface area contributed by atoms with Gasteiger partial charge in [-0.15, -0.1) is 0 Å². The second-order valence-electron chi connectivity index (χ2n) is 5.01. The SMILES string of the molecule is CC1CCC(CN)CN1CCCS(C)(=O)=O. The van der Waals surface area contributed by atoms with Crippen molar-refractivity contribution in [2.24, 2.45) is 11.7 Å². The van der Waals surface area contributed by atoms with E-state index in [4.69, 9.17) is 5.73 Å². The van der Waals surface area contributed by atoms with Gasteiger partial charge in [-0.1, -0.05) is 0 Å². The van der Waals surface area contributed by atoms with E-state index in [0.29, 0.717) is 17.7 Å². The van der Waals surface area contributed by atoms with E-state index in [-0.39, 0.29) is 0 Å². The Bertz CT molecular complexity index is 303. The molecule has 1 fully saturated rings. The second kappa shape index (κ2) is 5.98. The first-order chi connectivity index (χ1) is 7.42. The third-order valence-electron chi connectivity index (χ3n) is 3.40. The van der Waals surface area contributed by atoms with Gasteiger partial charge >= 0.3 is 0 Å². The lowest BCUT2D eigenvalue weighted by Gasteiger charge is -2.37. The number of hydrogen-bond acceptors (Lipinski definition) is 4. The van der Waals surface area contributed by atoms with Gasteiger partial charge in [-0.3, -0.25) is 0 Å². The Morgan fingerprint density at radius 3 is 2.62 bits per heavy atom. The second-order valence-corrected chi connectivity index (χ2v) is 7.27. The van der Waals surface area contributed by atoms with Crippen LogP contribution in [0.4, 0.5) is 0 Å². The molecule has 2 atom stereocenters. The minimum atomic E-state index is -2.81. The quantitative estimate of drug-likeness (QED) is 0.768. The van der Waals surface area contributed by atoms with Gasteiger partial charge in [-0.05, 0) is 45.2 Å². The first kappa shape index (κ1) is 13.9. The fraction of sp³-hybridized carbons (Fsp3) is 1.00. The average Bonchev–Trinajstić information content (AvgIpc) is 2.19. The van der Waals surface area contributed by atoms with Crippen LogP contribution in [-0.4, -0.2) is 51.0 Å². The van der Waals surface area contributed by atoms with Gasteiger partial charge in [0.1, 0.15) is 9.84 Å². The Balaban J connectivity index is 2.34. The summed E-state index contributed by atoms with van der Waals surface area (Å²) in [5.41, 5.74) is 5.69. The lowest BCUT2D eigenvalue weighted by molar-refractivity contribution is 0.121. The maximum atomic E-state index is 11.0. The number of nitrogens with two attached hydrogens (primary N) is 1. The molecule has 1 rings (SSSR count). The molecule has 0 spiro atoms. The molecule has 1 saturated heterocycles. The molecule has 0 amide bonds. The van der Waals surface area contributed by atoms with Gasteiger partial charge in [-0.2, -0.15) is 0 Å². The molecule has 16 heavy (non-hydrogen) atoms.